The molecular formula is C17H26ClN3O3. The standard InChI is InChI=1S/C17H25N3O3.ClH/c1-12(2)10-15(18)17(23)20-8-6-19(7-9-20)16(22)13-4-3-5-14(21)11-13;/h3-5,11-12,15,21H,6-10,18H2,1-2H3;1H/t15-;/m0./s1. The normalized spacial score (nSPS) is 15.8. The molecule has 0 unspecified atom stereocenters. The van der Waals surface area contributed by atoms with Gasteiger partial charge >= 0.3 is 0 Å². The Morgan fingerprint density at radius 3 is 2.29 bits per heavy atom. The van der Waals surface area contributed by atoms with Crippen LogP contribution in [0.2, 0.25) is 0 Å². The Kier molecular flexibility index (Phi) is 7.51. The third-order valence-corrected chi connectivity index (χ3v) is 4.01. The third kappa shape index (κ3) is 5.11. The van der Waals surface area contributed by atoms with E-state index in [2.05, 4.69) is 0 Å². The van der Waals surface area contributed by atoms with E-state index in [-0.39, 0.29) is 30.0 Å². The number of carbonyl (C=O) groups is 2. The Balaban J connectivity index is 0.00000288. The summed E-state index contributed by atoms with van der Waals surface area (Å²) in [6.45, 7) is 6.03. The molecule has 6 nitrogen and oxygen atoms in total. The summed E-state index contributed by atoms with van der Waals surface area (Å²) in [5.74, 6) is 0.287. The minimum atomic E-state index is -0.469. The van der Waals surface area contributed by atoms with Crippen molar-refractivity contribution in [1.82, 2.24) is 9.80 Å². The summed E-state index contributed by atoms with van der Waals surface area (Å²) in [5.41, 5.74) is 6.41. The maximum absolute atomic E-state index is 12.4. The van der Waals surface area contributed by atoms with E-state index < -0.39 is 6.04 Å². The molecule has 0 radical (unpaired) electrons. The molecule has 2 rings (SSSR count). The SMILES string of the molecule is CC(C)C[C@H](N)C(=O)N1CCN(C(=O)c2cccc(O)c2)CC1.Cl. The van der Waals surface area contributed by atoms with Crippen LogP contribution in [0.3, 0.4) is 0 Å². The van der Waals surface area contributed by atoms with E-state index in [0.717, 1.165) is 0 Å². The summed E-state index contributed by atoms with van der Waals surface area (Å²) in [4.78, 5) is 28.1. The zero-order valence-electron chi connectivity index (χ0n) is 14.1. The van der Waals surface area contributed by atoms with E-state index >= 15 is 0 Å². The average Bonchev–Trinajstić information content (AvgIpc) is 2.53. The lowest BCUT2D eigenvalue weighted by atomic mass is 10.0. The molecular weight excluding hydrogens is 330 g/mol. The number of rotatable bonds is 4. The number of hydrogen-bond acceptors (Lipinski definition) is 4. The molecule has 3 N–H and O–H groups in total. The number of carbonyl (C=O) groups excluding carboxylic acids is 2. The molecule has 1 aliphatic heterocycles. The van der Waals surface area contributed by atoms with Crippen LogP contribution in [0.4, 0.5) is 0 Å². The third-order valence-electron chi connectivity index (χ3n) is 4.01. The highest BCUT2D eigenvalue weighted by Crippen LogP contribution is 2.15. The van der Waals surface area contributed by atoms with Crippen LogP contribution >= 0.6 is 12.4 Å². The van der Waals surface area contributed by atoms with Gasteiger partial charge in [-0.05, 0) is 30.5 Å². The van der Waals surface area contributed by atoms with E-state index in [0.29, 0.717) is 44.1 Å². The van der Waals surface area contributed by atoms with Gasteiger partial charge in [-0.2, -0.15) is 0 Å². The van der Waals surface area contributed by atoms with Crippen LogP contribution in [0.25, 0.3) is 0 Å². The van der Waals surface area contributed by atoms with E-state index in [1.54, 1.807) is 21.9 Å². The van der Waals surface area contributed by atoms with Crippen molar-refractivity contribution in [3.05, 3.63) is 29.8 Å². The second-order valence-electron chi connectivity index (χ2n) is 6.40. The zero-order valence-corrected chi connectivity index (χ0v) is 15.0. The van der Waals surface area contributed by atoms with Crippen LogP contribution in [0.15, 0.2) is 24.3 Å². The largest absolute Gasteiger partial charge is 0.508 e. The first kappa shape index (κ1) is 20.3. The van der Waals surface area contributed by atoms with Crippen LogP contribution in [-0.2, 0) is 4.79 Å². The van der Waals surface area contributed by atoms with Gasteiger partial charge in [-0.3, -0.25) is 9.59 Å². The molecule has 1 saturated heterocycles. The molecule has 2 amide bonds. The first-order valence-corrected chi connectivity index (χ1v) is 8.01. The number of nitrogens with zero attached hydrogens (tertiary/aromatic N) is 2. The van der Waals surface area contributed by atoms with Crippen molar-refractivity contribution >= 4 is 24.2 Å². The van der Waals surface area contributed by atoms with Gasteiger partial charge in [0.05, 0.1) is 6.04 Å². The molecule has 0 aromatic heterocycles. The minimum absolute atomic E-state index is 0. The highest BCUT2D eigenvalue weighted by atomic mass is 35.5. The highest BCUT2D eigenvalue weighted by molar-refractivity contribution is 5.94. The van der Waals surface area contributed by atoms with E-state index in [9.17, 15) is 14.7 Å². The van der Waals surface area contributed by atoms with Gasteiger partial charge in [0.15, 0.2) is 0 Å². The van der Waals surface area contributed by atoms with Gasteiger partial charge in [0.1, 0.15) is 5.75 Å². The predicted molar refractivity (Wildman–Crippen MR) is 95.3 cm³/mol. The number of nitrogens with two attached hydrogens (primary N) is 1. The monoisotopic (exact) mass is 355 g/mol. The van der Waals surface area contributed by atoms with Crippen molar-refractivity contribution in [3.63, 3.8) is 0 Å². The summed E-state index contributed by atoms with van der Waals surface area (Å²) in [7, 11) is 0. The Labute approximate surface area is 149 Å². The van der Waals surface area contributed by atoms with Gasteiger partial charge < -0.3 is 20.6 Å². The van der Waals surface area contributed by atoms with Gasteiger partial charge in [0.2, 0.25) is 5.91 Å². The van der Waals surface area contributed by atoms with Crippen LogP contribution in [0, 0.1) is 5.92 Å². The van der Waals surface area contributed by atoms with Gasteiger partial charge in [-0.15, -0.1) is 12.4 Å². The molecule has 1 aromatic rings. The van der Waals surface area contributed by atoms with Gasteiger partial charge in [0.25, 0.3) is 5.91 Å². The molecule has 1 aromatic carbocycles. The van der Waals surface area contributed by atoms with Crippen LogP contribution in [-0.4, -0.2) is 58.9 Å². The lowest BCUT2D eigenvalue weighted by Crippen LogP contribution is -2.54. The maximum Gasteiger partial charge on any atom is 0.254 e. The minimum Gasteiger partial charge on any atom is -0.508 e. The molecule has 1 atom stereocenters. The number of piperazine rings is 1. The summed E-state index contributed by atoms with van der Waals surface area (Å²) in [6, 6.07) is 5.84. The van der Waals surface area contributed by atoms with Crippen LogP contribution in [0.5, 0.6) is 5.75 Å². The van der Waals surface area contributed by atoms with Crippen LogP contribution < -0.4 is 5.73 Å². The van der Waals surface area contributed by atoms with Gasteiger partial charge in [-0.1, -0.05) is 19.9 Å². The zero-order chi connectivity index (χ0) is 17.0. The maximum atomic E-state index is 12.4. The van der Waals surface area contributed by atoms with E-state index in [1.165, 1.54) is 12.1 Å². The summed E-state index contributed by atoms with van der Waals surface area (Å²) < 4.78 is 0. The van der Waals surface area contributed by atoms with E-state index in [1.807, 2.05) is 13.8 Å². The molecule has 0 bridgehead atoms. The fourth-order valence-corrected chi connectivity index (χ4v) is 2.79. The summed E-state index contributed by atoms with van der Waals surface area (Å²) >= 11 is 0. The quantitative estimate of drug-likeness (QED) is 0.856. The lowest BCUT2D eigenvalue weighted by molar-refractivity contribution is -0.134. The molecule has 1 fully saturated rings. The van der Waals surface area contributed by atoms with Crippen molar-refractivity contribution in [3.8, 4) is 5.75 Å². The molecule has 24 heavy (non-hydrogen) atoms. The lowest BCUT2D eigenvalue weighted by Gasteiger charge is -2.36. The molecule has 134 valence electrons. The fraction of sp³-hybridized carbons (Fsp3) is 0.529. The van der Waals surface area contributed by atoms with Gasteiger partial charge in [0, 0.05) is 31.7 Å². The van der Waals surface area contributed by atoms with Crippen molar-refractivity contribution in [2.75, 3.05) is 26.2 Å². The Morgan fingerprint density at radius 1 is 1.17 bits per heavy atom. The molecule has 0 saturated carbocycles. The number of aromatic hydroxyl groups is 1. The number of halogens is 1. The second-order valence-corrected chi connectivity index (χ2v) is 6.40. The summed E-state index contributed by atoms with van der Waals surface area (Å²) in [6.07, 6.45) is 0.668. The molecule has 1 heterocycles. The van der Waals surface area contributed by atoms with Crippen molar-refractivity contribution < 1.29 is 14.7 Å². The molecule has 0 spiro atoms. The smallest absolute Gasteiger partial charge is 0.254 e. The molecule has 1 aliphatic rings. The Morgan fingerprint density at radius 2 is 1.75 bits per heavy atom. The van der Waals surface area contributed by atoms with Crippen molar-refractivity contribution in [2.45, 2.75) is 26.3 Å². The highest BCUT2D eigenvalue weighted by Gasteiger charge is 2.27. The number of phenols is 1. The number of benzene rings is 1. The van der Waals surface area contributed by atoms with Crippen molar-refractivity contribution in [1.29, 1.82) is 0 Å². The first-order chi connectivity index (χ1) is 10.9. The average molecular weight is 356 g/mol. The first-order valence-electron chi connectivity index (χ1n) is 8.01. The number of phenolic OH excluding ortho intramolecular Hbond substituents is 1. The Hall–Kier alpha value is -1.79. The topological polar surface area (TPSA) is 86.9 Å². The molecule has 0 aliphatic carbocycles. The Bertz CT molecular complexity index is 572. The number of amides is 2. The number of hydrogen-bond donors (Lipinski definition) is 2. The fourth-order valence-electron chi connectivity index (χ4n) is 2.79. The van der Waals surface area contributed by atoms with Crippen LogP contribution in [0.1, 0.15) is 30.6 Å². The molecule has 7 heteroatoms. The van der Waals surface area contributed by atoms with E-state index in [4.69, 9.17) is 5.73 Å². The predicted octanol–water partition coefficient (Wildman–Crippen LogP) is 1.47. The summed E-state index contributed by atoms with van der Waals surface area (Å²) in [5, 5.41) is 9.47. The van der Waals surface area contributed by atoms with Crippen molar-refractivity contribution in [2.24, 2.45) is 11.7 Å². The second kappa shape index (κ2) is 8.89. The van der Waals surface area contributed by atoms with Gasteiger partial charge in [-0.25, -0.2) is 0 Å².